The van der Waals surface area contributed by atoms with Gasteiger partial charge in [-0.15, -0.1) is 12.4 Å². The van der Waals surface area contributed by atoms with E-state index in [0.717, 1.165) is 44.1 Å². The number of urea groups is 1. The summed E-state index contributed by atoms with van der Waals surface area (Å²) in [6.07, 6.45) is 2.38. The van der Waals surface area contributed by atoms with Gasteiger partial charge in [-0.25, -0.2) is 13.6 Å². The molecule has 3 fully saturated rings. The standard InChI is InChI=1S/C35H40F2N4O3.ClH.H2O/c36-30-14-13-29(25-31(30)37)35(28-11-5-2-6-12-28)26-34(32(42)27-9-3-1-4-10-27,38-33(43)40-16-7-8-17-40)15-18-41(35)20-19-39-21-23-44-24-22-39;;/h1-6,9-14,25H,7-8,15-24,26H2,(H,38,43);1H;1H2. The summed E-state index contributed by atoms with van der Waals surface area (Å²) in [5, 5.41) is 3.23. The van der Waals surface area contributed by atoms with Crippen LogP contribution in [-0.2, 0) is 10.3 Å². The summed E-state index contributed by atoms with van der Waals surface area (Å²) in [5.74, 6) is -2.06. The first-order chi connectivity index (χ1) is 21.4. The van der Waals surface area contributed by atoms with E-state index in [1.807, 2.05) is 48.5 Å². The summed E-state index contributed by atoms with van der Waals surface area (Å²) in [6.45, 7) is 6.09. The third kappa shape index (κ3) is 7.11. The number of carbonyl (C=O) groups excluding carboxylic acids is 2. The zero-order valence-corrected chi connectivity index (χ0v) is 26.7. The maximum Gasteiger partial charge on any atom is 0.318 e. The van der Waals surface area contributed by atoms with E-state index in [2.05, 4.69) is 15.1 Å². The predicted molar refractivity (Wildman–Crippen MR) is 175 cm³/mol. The molecule has 6 rings (SSSR count). The zero-order chi connectivity index (χ0) is 30.6. The molecule has 3 aromatic rings. The Bertz CT molecular complexity index is 1460. The van der Waals surface area contributed by atoms with Crippen LogP contribution >= 0.6 is 12.4 Å². The number of ether oxygens (including phenoxy) is 1. The number of nitrogens with one attached hydrogen (secondary N) is 1. The largest absolute Gasteiger partial charge is 0.412 e. The molecule has 3 saturated heterocycles. The molecule has 0 bridgehead atoms. The summed E-state index contributed by atoms with van der Waals surface area (Å²) >= 11 is 0. The normalized spacial score (nSPS) is 23.7. The minimum Gasteiger partial charge on any atom is -0.412 e. The molecule has 11 heteroatoms. The molecule has 3 aliphatic heterocycles. The van der Waals surface area contributed by atoms with Crippen LogP contribution in [0.15, 0.2) is 78.9 Å². The van der Waals surface area contributed by atoms with Crippen LogP contribution < -0.4 is 5.32 Å². The maximum absolute atomic E-state index is 15.1. The molecule has 0 aromatic heterocycles. The smallest absolute Gasteiger partial charge is 0.318 e. The van der Waals surface area contributed by atoms with E-state index in [1.54, 1.807) is 23.1 Å². The Hall–Kier alpha value is -3.41. The van der Waals surface area contributed by atoms with Crippen molar-refractivity contribution < 1.29 is 28.6 Å². The fourth-order valence-corrected chi connectivity index (χ4v) is 7.17. The molecule has 248 valence electrons. The van der Waals surface area contributed by atoms with Crippen molar-refractivity contribution in [3.05, 3.63) is 107 Å². The van der Waals surface area contributed by atoms with Gasteiger partial charge in [-0.1, -0.05) is 66.7 Å². The van der Waals surface area contributed by atoms with Gasteiger partial charge < -0.3 is 20.4 Å². The van der Waals surface area contributed by atoms with Gasteiger partial charge in [0.25, 0.3) is 0 Å². The monoisotopic (exact) mass is 656 g/mol. The lowest BCUT2D eigenvalue weighted by molar-refractivity contribution is 0.000595. The average Bonchev–Trinajstić information content (AvgIpc) is 3.62. The van der Waals surface area contributed by atoms with Gasteiger partial charge in [0.1, 0.15) is 5.54 Å². The number of amides is 2. The van der Waals surface area contributed by atoms with Gasteiger partial charge in [0.15, 0.2) is 17.4 Å². The molecule has 3 N–H and O–H groups in total. The number of benzene rings is 3. The van der Waals surface area contributed by atoms with E-state index in [4.69, 9.17) is 4.74 Å². The third-order valence-electron chi connectivity index (χ3n) is 9.55. The Morgan fingerprint density at radius 3 is 2.09 bits per heavy atom. The lowest BCUT2D eigenvalue weighted by Gasteiger charge is -2.55. The van der Waals surface area contributed by atoms with Gasteiger partial charge in [-0.3, -0.25) is 14.6 Å². The highest BCUT2D eigenvalue weighted by Gasteiger charge is 2.55. The second-order valence-electron chi connectivity index (χ2n) is 12.1. The van der Waals surface area contributed by atoms with Crippen LogP contribution in [0.25, 0.3) is 0 Å². The molecular weight excluding hydrogens is 614 g/mol. The molecule has 3 aromatic carbocycles. The van der Waals surface area contributed by atoms with Crippen LogP contribution in [0.5, 0.6) is 0 Å². The molecule has 0 radical (unpaired) electrons. The quantitative estimate of drug-likeness (QED) is 0.356. The van der Waals surface area contributed by atoms with Crippen molar-refractivity contribution in [2.24, 2.45) is 0 Å². The number of morpholine rings is 1. The fraction of sp³-hybridized carbons (Fsp3) is 0.429. The van der Waals surface area contributed by atoms with E-state index in [1.165, 1.54) is 6.07 Å². The van der Waals surface area contributed by atoms with Crippen LogP contribution in [-0.4, -0.2) is 96.6 Å². The number of piperidine rings is 1. The zero-order valence-electron chi connectivity index (χ0n) is 25.9. The van der Waals surface area contributed by atoms with Gasteiger partial charge in [-0.05, 0) is 42.5 Å². The molecule has 46 heavy (non-hydrogen) atoms. The summed E-state index contributed by atoms with van der Waals surface area (Å²) in [7, 11) is 0. The van der Waals surface area contributed by atoms with Crippen LogP contribution in [0, 0.1) is 11.6 Å². The maximum atomic E-state index is 15.1. The first-order valence-corrected chi connectivity index (χ1v) is 15.6. The minimum absolute atomic E-state index is 0. The Balaban J connectivity index is 0.00000240. The Kier molecular flexibility index (Phi) is 11.9. The highest BCUT2D eigenvalue weighted by Crippen LogP contribution is 2.48. The van der Waals surface area contributed by atoms with Crippen molar-refractivity contribution >= 4 is 24.2 Å². The molecule has 0 spiro atoms. The molecule has 0 aliphatic carbocycles. The Morgan fingerprint density at radius 1 is 0.783 bits per heavy atom. The Labute approximate surface area is 275 Å². The van der Waals surface area contributed by atoms with Crippen molar-refractivity contribution in [3.8, 4) is 0 Å². The number of likely N-dealkylation sites (tertiary alicyclic amines) is 2. The number of rotatable bonds is 8. The van der Waals surface area contributed by atoms with Gasteiger partial charge in [-0.2, -0.15) is 0 Å². The highest BCUT2D eigenvalue weighted by atomic mass is 35.5. The average molecular weight is 657 g/mol. The van der Waals surface area contributed by atoms with Crippen molar-refractivity contribution in [2.75, 3.05) is 59.0 Å². The second kappa shape index (κ2) is 15.5. The highest BCUT2D eigenvalue weighted by molar-refractivity contribution is 6.05. The molecule has 3 aliphatic rings. The van der Waals surface area contributed by atoms with Crippen molar-refractivity contribution in [1.82, 2.24) is 20.0 Å². The van der Waals surface area contributed by atoms with E-state index in [9.17, 15) is 14.0 Å². The van der Waals surface area contributed by atoms with E-state index in [-0.39, 0.29) is 36.1 Å². The van der Waals surface area contributed by atoms with E-state index in [0.29, 0.717) is 56.9 Å². The molecule has 3 heterocycles. The van der Waals surface area contributed by atoms with Crippen molar-refractivity contribution in [2.45, 2.75) is 36.8 Å². The van der Waals surface area contributed by atoms with Crippen LogP contribution in [0.1, 0.15) is 47.2 Å². The summed E-state index contributed by atoms with van der Waals surface area (Å²) in [6, 6.07) is 22.6. The summed E-state index contributed by atoms with van der Waals surface area (Å²) < 4.78 is 35.1. The minimum atomic E-state index is -1.29. The Morgan fingerprint density at radius 2 is 1.43 bits per heavy atom. The molecule has 2 atom stereocenters. The lowest BCUT2D eigenvalue weighted by atomic mass is 9.66. The van der Waals surface area contributed by atoms with Gasteiger partial charge >= 0.3 is 6.03 Å². The number of carbonyl (C=O) groups is 2. The summed E-state index contributed by atoms with van der Waals surface area (Å²) in [4.78, 5) is 34.8. The topological polar surface area (TPSA) is 96.6 Å². The third-order valence-corrected chi connectivity index (χ3v) is 9.55. The van der Waals surface area contributed by atoms with E-state index < -0.39 is 22.7 Å². The molecular formula is C35H43ClF2N4O4. The van der Waals surface area contributed by atoms with Crippen LogP contribution in [0.4, 0.5) is 13.6 Å². The number of hydrogen-bond acceptors (Lipinski definition) is 5. The number of hydrogen-bond donors (Lipinski definition) is 1. The summed E-state index contributed by atoms with van der Waals surface area (Å²) in [5.41, 5.74) is -0.429. The SMILES string of the molecule is Cl.O.O=C(NC1(C(=O)c2ccccc2)CCN(CCN2CCOCC2)C(c2ccccc2)(c2ccc(F)c(F)c2)C1)N1CCCC1. The van der Waals surface area contributed by atoms with Gasteiger partial charge in [0, 0.05) is 57.8 Å². The lowest BCUT2D eigenvalue weighted by Crippen LogP contribution is -2.68. The van der Waals surface area contributed by atoms with Crippen molar-refractivity contribution in [3.63, 3.8) is 0 Å². The first-order valence-electron chi connectivity index (χ1n) is 15.6. The molecule has 8 nitrogen and oxygen atoms in total. The van der Waals surface area contributed by atoms with Crippen molar-refractivity contribution in [1.29, 1.82) is 0 Å². The van der Waals surface area contributed by atoms with Crippen LogP contribution in [0.3, 0.4) is 0 Å². The fourth-order valence-electron chi connectivity index (χ4n) is 7.17. The number of halogens is 3. The first kappa shape index (κ1) is 35.4. The van der Waals surface area contributed by atoms with E-state index >= 15 is 4.39 Å². The molecule has 2 amide bonds. The number of ketones is 1. The molecule has 0 saturated carbocycles. The molecule has 2 unspecified atom stereocenters. The van der Waals surface area contributed by atoms with Crippen LogP contribution in [0.2, 0.25) is 0 Å². The second-order valence-corrected chi connectivity index (χ2v) is 12.1. The number of Topliss-reactive ketones (excluding diaryl/α,β-unsaturated/α-hetero) is 1. The van der Waals surface area contributed by atoms with Gasteiger partial charge in [0.2, 0.25) is 0 Å². The predicted octanol–water partition coefficient (Wildman–Crippen LogP) is 4.66. The van der Waals surface area contributed by atoms with Gasteiger partial charge in [0.05, 0.1) is 18.8 Å². The number of nitrogens with zero attached hydrogens (tertiary/aromatic N) is 3.